The van der Waals surface area contributed by atoms with Gasteiger partial charge in [-0.1, -0.05) is 36.2 Å². The summed E-state index contributed by atoms with van der Waals surface area (Å²) in [7, 11) is 0. The maximum Gasteiger partial charge on any atom is 0.407 e. The van der Waals surface area contributed by atoms with Gasteiger partial charge in [0.15, 0.2) is 0 Å². The third-order valence-electron chi connectivity index (χ3n) is 9.25. The number of pyridine rings is 1. The number of amides is 1. The summed E-state index contributed by atoms with van der Waals surface area (Å²) in [6, 6.07) is 17.1. The molecule has 258 valence electrons. The minimum atomic E-state index is -1.05. The normalized spacial score (nSPS) is 18.8. The minimum absolute atomic E-state index is 0.0970. The molecular formula is C38H44ClN5O5. The van der Waals surface area contributed by atoms with E-state index < -0.39 is 11.6 Å². The van der Waals surface area contributed by atoms with Crippen molar-refractivity contribution in [1.29, 1.82) is 0 Å². The van der Waals surface area contributed by atoms with Gasteiger partial charge >= 0.3 is 12.1 Å². The number of nitrogens with zero attached hydrogens (tertiary/aromatic N) is 3. The Morgan fingerprint density at radius 2 is 1.82 bits per heavy atom. The number of ether oxygens (including phenoxy) is 2. The molecule has 0 radical (unpaired) electrons. The molecule has 2 aromatic carbocycles. The van der Waals surface area contributed by atoms with Crippen LogP contribution in [0.4, 0.5) is 10.5 Å². The Bertz CT molecular complexity index is 1860. The smallest absolute Gasteiger partial charge is 0.407 e. The van der Waals surface area contributed by atoms with Crippen molar-refractivity contribution in [2.75, 3.05) is 44.2 Å². The number of carboxylic acids is 1. The fourth-order valence-electron chi connectivity index (χ4n) is 6.72. The summed E-state index contributed by atoms with van der Waals surface area (Å²) in [4.78, 5) is 36.7. The highest BCUT2D eigenvalue weighted by Crippen LogP contribution is 2.43. The van der Waals surface area contributed by atoms with Crippen LogP contribution in [-0.2, 0) is 4.74 Å². The molecule has 10 nitrogen and oxygen atoms in total. The van der Waals surface area contributed by atoms with E-state index in [9.17, 15) is 14.7 Å². The second kappa shape index (κ2) is 14.1. The minimum Gasteiger partial charge on any atom is -0.478 e. The molecule has 0 unspecified atom stereocenters. The number of carbonyl (C=O) groups excluding carboxylic acids is 1. The van der Waals surface area contributed by atoms with Crippen LogP contribution < -0.4 is 15.0 Å². The van der Waals surface area contributed by atoms with E-state index in [0.717, 1.165) is 68.7 Å². The summed E-state index contributed by atoms with van der Waals surface area (Å²) in [5.74, 6) is -0.293. The average molecular weight is 686 g/mol. The van der Waals surface area contributed by atoms with Crippen molar-refractivity contribution in [3.63, 3.8) is 0 Å². The lowest BCUT2D eigenvalue weighted by molar-refractivity contribution is 0.0498. The predicted octanol–water partition coefficient (Wildman–Crippen LogP) is 8.00. The van der Waals surface area contributed by atoms with E-state index in [1.54, 1.807) is 18.5 Å². The molecule has 0 spiro atoms. The van der Waals surface area contributed by atoms with Crippen molar-refractivity contribution in [3.8, 4) is 11.5 Å². The second-order valence-corrected chi connectivity index (χ2v) is 14.8. The van der Waals surface area contributed by atoms with E-state index in [1.807, 2.05) is 57.2 Å². The lowest BCUT2D eigenvalue weighted by Crippen LogP contribution is -2.47. The third-order valence-corrected chi connectivity index (χ3v) is 9.50. The number of fused-ring (bicyclic) bond motifs is 1. The molecule has 1 amide bonds. The first-order chi connectivity index (χ1) is 23.3. The van der Waals surface area contributed by atoms with Crippen molar-refractivity contribution in [1.82, 2.24) is 20.2 Å². The number of aromatic amines is 1. The first kappa shape index (κ1) is 34.3. The number of piperazine rings is 1. The number of carbonyl (C=O) groups is 2. The van der Waals surface area contributed by atoms with E-state index in [2.05, 4.69) is 44.1 Å². The highest BCUT2D eigenvalue weighted by Gasteiger charge is 2.34. The Morgan fingerprint density at radius 1 is 1.06 bits per heavy atom. The highest BCUT2D eigenvalue weighted by molar-refractivity contribution is 6.30. The molecule has 6 rings (SSSR count). The zero-order valence-corrected chi connectivity index (χ0v) is 29.3. The molecule has 49 heavy (non-hydrogen) atoms. The van der Waals surface area contributed by atoms with Crippen LogP contribution in [-0.4, -0.2) is 76.9 Å². The number of carboxylic acid groups (broad SMARTS) is 1. The predicted molar refractivity (Wildman–Crippen MR) is 193 cm³/mol. The largest absolute Gasteiger partial charge is 0.478 e. The SMILES string of the molecule is CC(C)(C)OC(=O)NC[C@]1(C)CCC(c2ccc(Cl)cc2)=C(CN2CCN(c3ccc(C(=O)O)c(Oc4cnc5[nH]ccc5c4)c3)CC2)C1. The van der Waals surface area contributed by atoms with E-state index >= 15 is 0 Å². The van der Waals surface area contributed by atoms with E-state index in [4.69, 9.17) is 21.1 Å². The van der Waals surface area contributed by atoms with Gasteiger partial charge in [-0.3, -0.25) is 4.90 Å². The van der Waals surface area contributed by atoms with E-state index in [0.29, 0.717) is 17.3 Å². The quantitative estimate of drug-likeness (QED) is 0.162. The Morgan fingerprint density at radius 3 is 2.53 bits per heavy atom. The van der Waals surface area contributed by atoms with Crippen LogP contribution in [0, 0.1) is 5.41 Å². The number of anilines is 1. The molecule has 11 heteroatoms. The van der Waals surface area contributed by atoms with Crippen LogP contribution >= 0.6 is 11.6 Å². The highest BCUT2D eigenvalue weighted by atomic mass is 35.5. The Balaban J connectivity index is 1.15. The molecule has 2 aliphatic rings. The molecule has 1 atom stereocenters. The lowest BCUT2D eigenvalue weighted by atomic mass is 9.71. The average Bonchev–Trinajstić information content (AvgIpc) is 3.52. The van der Waals surface area contributed by atoms with Crippen molar-refractivity contribution in [2.45, 2.75) is 52.6 Å². The van der Waals surface area contributed by atoms with E-state index in [-0.39, 0.29) is 22.8 Å². The number of allylic oxidation sites excluding steroid dienone is 1. The first-order valence-electron chi connectivity index (χ1n) is 16.7. The molecule has 0 saturated carbocycles. The van der Waals surface area contributed by atoms with Gasteiger partial charge < -0.3 is 29.8 Å². The van der Waals surface area contributed by atoms with Gasteiger partial charge in [0.2, 0.25) is 0 Å². The van der Waals surface area contributed by atoms with Crippen molar-refractivity contribution in [2.24, 2.45) is 5.41 Å². The Hall–Kier alpha value is -4.54. The molecule has 2 aromatic heterocycles. The number of H-pyrrole nitrogens is 1. The van der Waals surface area contributed by atoms with Crippen molar-refractivity contribution in [3.05, 3.63) is 88.7 Å². The number of nitrogens with one attached hydrogen (secondary N) is 2. The van der Waals surface area contributed by atoms with E-state index in [1.165, 1.54) is 16.7 Å². The molecule has 1 aliphatic carbocycles. The molecule has 3 heterocycles. The second-order valence-electron chi connectivity index (χ2n) is 14.4. The topological polar surface area (TPSA) is 120 Å². The monoisotopic (exact) mass is 685 g/mol. The summed E-state index contributed by atoms with van der Waals surface area (Å²) >= 11 is 6.24. The van der Waals surface area contributed by atoms with Gasteiger partial charge in [0, 0.05) is 67.6 Å². The molecule has 3 N–H and O–H groups in total. The Kier molecular flexibility index (Phi) is 9.90. The lowest BCUT2D eigenvalue weighted by Gasteiger charge is -2.41. The number of alkyl carbamates (subject to hydrolysis) is 1. The number of aromatic carboxylic acids is 1. The van der Waals surface area contributed by atoms with Gasteiger partial charge in [-0.05, 0) is 93.0 Å². The van der Waals surface area contributed by atoms with Crippen molar-refractivity contribution >= 4 is 46.0 Å². The number of aromatic nitrogens is 2. The van der Waals surface area contributed by atoms with Gasteiger partial charge in [0.05, 0.1) is 6.20 Å². The first-order valence-corrected chi connectivity index (χ1v) is 17.1. The molecule has 4 aromatic rings. The van der Waals surface area contributed by atoms with Crippen LogP contribution in [0.1, 0.15) is 62.9 Å². The molecule has 0 bridgehead atoms. The maximum absolute atomic E-state index is 12.5. The maximum atomic E-state index is 12.5. The van der Waals surface area contributed by atoms with Gasteiger partial charge in [-0.2, -0.15) is 0 Å². The fourth-order valence-corrected chi connectivity index (χ4v) is 6.85. The number of hydrogen-bond acceptors (Lipinski definition) is 7. The summed E-state index contributed by atoms with van der Waals surface area (Å²) < 4.78 is 11.6. The standard InChI is InChI=1S/C38H44ClN5O5/c1-37(2,3)49-36(47)42-24-38(4)13-11-31(25-5-7-28(39)8-6-25)27(21-38)23-43-15-17-44(18-16-43)29-9-10-32(35(45)46)33(20-29)48-30-19-26-12-14-40-34(26)41-22-30/h5-10,12,14,19-20,22H,11,13,15-18,21,23-24H2,1-4H3,(H,40,41)(H,42,47)(H,45,46)/t38-/m1/s1. The number of hydrogen-bond donors (Lipinski definition) is 3. The van der Waals surface area contributed by atoms with Crippen LogP contribution in [0.5, 0.6) is 11.5 Å². The van der Waals surface area contributed by atoms with Crippen molar-refractivity contribution < 1.29 is 24.2 Å². The number of rotatable bonds is 9. The zero-order valence-electron chi connectivity index (χ0n) is 28.5. The molecule has 1 aliphatic heterocycles. The molecule has 1 fully saturated rings. The number of benzene rings is 2. The van der Waals surface area contributed by atoms with Crippen LogP contribution in [0.2, 0.25) is 5.02 Å². The Labute approximate surface area is 292 Å². The van der Waals surface area contributed by atoms with Crippen LogP contribution in [0.15, 0.2) is 72.6 Å². The van der Waals surface area contributed by atoms with Crippen LogP contribution in [0.3, 0.4) is 0 Å². The van der Waals surface area contributed by atoms with Crippen LogP contribution in [0.25, 0.3) is 16.6 Å². The summed E-state index contributed by atoms with van der Waals surface area (Å²) in [5.41, 5.74) is 5.02. The van der Waals surface area contributed by atoms with Gasteiger partial charge in [0.1, 0.15) is 28.3 Å². The van der Waals surface area contributed by atoms with Gasteiger partial charge in [-0.25, -0.2) is 14.6 Å². The zero-order chi connectivity index (χ0) is 34.8. The summed E-state index contributed by atoms with van der Waals surface area (Å²) in [6.07, 6.45) is 5.73. The molecule has 1 saturated heterocycles. The number of halogens is 1. The van der Waals surface area contributed by atoms with Gasteiger partial charge in [-0.15, -0.1) is 0 Å². The van der Waals surface area contributed by atoms with Gasteiger partial charge in [0.25, 0.3) is 0 Å². The summed E-state index contributed by atoms with van der Waals surface area (Å²) in [5, 5.41) is 14.5. The fraction of sp³-hybridized carbons (Fsp3) is 0.395. The summed E-state index contributed by atoms with van der Waals surface area (Å²) in [6.45, 7) is 12.5. The third kappa shape index (κ3) is 8.55. The molecular weight excluding hydrogens is 642 g/mol.